The van der Waals surface area contributed by atoms with Crippen LogP contribution in [0.3, 0.4) is 0 Å². The molecule has 9 heteroatoms. The zero-order chi connectivity index (χ0) is 24.7. The van der Waals surface area contributed by atoms with Crippen molar-refractivity contribution in [1.82, 2.24) is 24.6 Å². The lowest BCUT2D eigenvalue weighted by Gasteiger charge is -2.20. The predicted molar refractivity (Wildman–Crippen MR) is 133 cm³/mol. The number of fused-ring (bicyclic) bond motifs is 1. The molecule has 1 N–H and O–H groups in total. The smallest absolute Gasteiger partial charge is 0.231 e. The molecule has 2 heterocycles. The highest BCUT2D eigenvalue weighted by molar-refractivity contribution is 6.03. The maximum absolute atomic E-state index is 14.7. The molecule has 0 bridgehead atoms. The van der Waals surface area contributed by atoms with Gasteiger partial charge in [0.05, 0.1) is 29.4 Å². The highest BCUT2D eigenvalue weighted by Crippen LogP contribution is 2.47. The molecule has 1 aliphatic carbocycles. The van der Waals surface area contributed by atoms with Crippen molar-refractivity contribution in [2.24, 2.45) is 12.5 Å². The van der Waals surface area contributed by atoms with Crippen LogP contribution >= 0.6 is 0 Å². The third kappa shape index (κ3) is 4.23. The second-order valence-corrected chi connectivity index (χ2v) is 9.31. The van der Waals surface area contributed by atoms with E-state index >= 15 is 0 Å². The number of aryl methyl sites for hydroxylation is 1. The molecule has 2 aromatic heterocycles. The molecule has 1 saturated carbocycles. The molecule has 0 atom stereocenters. The predicted octanol–water partition coefficient (Wildman–Crippen LogP) is 4.13. The minimum absolute atomic E-state index is 0.0318. The molecule has 0 spiro atoms. The van der Waals surface area contributed by atoms with E-state index in [0.29, 0.717) is 51.4 Å². The molecule has 180 valence electrons. The van der Waals surface area contributed by atoms with E-state index in [-0.39, 0.29) is 17.1 Å². The number of benzene rings is 2. The van der Waals surface area contributed by atoms with Gasteiger partial charge in [0, 0.05) is 42.4 Å². The van der Waals surface area contributed by atoms with E-state index < -0.39 is 0 Å². The summed E-state index contributed by atoms with van der Waals surface area (Å²) in [5, 5.41) is 8.29. The molecule has 5 rings (SSSR count). The van der Waals surface area contributed by atoms with Crippen molar-refractivity contribution >= 4 is 22.5 Å². The zero-order valence-electron chi connectivity index (χ0n) is 20.2. The lowest BCUT2D eigenvalue weighted by molar-refractivity contribution is -0.121. The van der Waals surface area contributed by atoms with Crippen LogP contribution in [0.15, 0.2) is 48.9 Å². The maximum Gasteiger partial charge on any atom is 0.231 e. The van der Waals surface area contributed by atoms with E-state index in [2.05, 4.69) is 20.4 Å². The number of amides is 1. The quantitative estimate of drug-likeness (QED) is 0.434. The van der Waals surface area contributed by atoms with Gasteiger partial charge in [0.25, 0.3) is 0 Å². The molecule has 1 fully saturated rings. The first-order chi connectivity index (χ1) is 16.8. The SMILES string of the molecule is COc1cc2ncnc(-c3cn(C)nc3-c3ccccc3F)c2cc1NC(=O)C1(CN(C)C)CC1. The first kappa shape index (κ1) is 22.9. The summed E-state index contributed by atoms with van der Waals surface area (Å²) < 4.78 is 21.9. The highest BCUT2D eigenvalue weighted by Gasteiger charge is 2.50. The molecule has 0 aliphatic heterocycles. The molecule has 0 unspecified atom stereocenters. The van der Waals surface area contributed by atoms with Crippen LogP contribution in [0, 0.1) is 11.2 Å². The summed E-state index contributed by atoms with van der Waals surface area (Å²) in [5.41, 5.74) is 2.92. The Kier molecular flexibility index (Phi) is 5.72. The van der Waals surface area contributed by atoms with Gasteiger partial charge in [-0.1, -0.05) is 12.1 Å². The molecule has 4 aromatic rings. The molecular formula is C26H27FN6O2. The van der Waals surface area contributed by atoms with Gasteiger partial charge in [0.1, 0.15) is 23.6 Å². The number of nitrogens with zero attached hydrogens (tertiary/aromatic N) is 5. The van der Waals surface area contributed by atoms with Gasteiger partial charge in [0.2, 0.25) is 5.91 Å². The van der Waals surface area contributed by atoms with Gasteiger partial charge in [-0.3, -0.25) is 9.48 Å². The average Bonchev–Trinajstić information content (AvgIpc) is 3.51. The van der Waals surface area contributed by atoms with Crippen molar-refractivity contribution in [3.8, 4) is 28.3 Å². The molecule has 0 radical (unpaired) electrons. The number of ether oxygens (including phenoxy) is 1. The first-order valence-corrected chi connectivity index (χ1v) is 11.4. The summed E-state index contributed by atoms with van der Waals surface area (Å²) >= 11 is 0. The molecule has 1 amide bonds. The third-order valence-corrected chi connectivity index (χ3v) is 6.37. The molecule has 1 aliphatic rings. The Labute approximate surface area is 202 Å². The van der Waals surface area contributed by atoms with Gasteiger partial charge in [-0.15, -0.1) is 0 Å². The van der Waals surface area contributed by atoms with Crippen LogP contribution in [0.2, 0.25) is 0 Å². The van der Waals surface area contributed by atoms with Crippen LogP contribution in [0.25, 0.3) is 33.4 Å². The number of carbonyl (C=O) groups is 1. The Bertz CT molecular complexity index is 1430. The van der Waals surface area contributed by atoms with E-state index in [9.17, 15) is 9.18 Å². The largest absolute Gasteiger partial charge is 0.494 e. The van der Waals surface area contributed by atoms with Crippen LogP contribution in [-0.2, 0) is 11.8 Å². The summed E-state index contributed by atoms with van der Waals surface area (Å²) in [6, 6.07) is 10.1. The number of rotatable bonds is 7. The highest BCUT2D eigenvalue weighted by atomic mass is 19.1. The van der Waals surface area contributed by atoms with Crippen molar-refractivity contribution in [2.45, 2.75) is 12.8 Å². The number of methoxy groups -OCH3 is 1. The van der Waals surface area contributed by atoms with E-state index in [1.54, 1.807) is 43.1 Å². The lowest BCUT2D eigenvalue weighted by atomic mass is 10.0. The molecule has 35 heavy (non-hydrogen) atoms. The monoisotopic (exact) mass is 474 g/mol. The average molecular weight is 475 g/mol. The van der Waals surface area contributed by atoms with Gasteiger partial charge < -0.3 is 15.0 Å². The van der Waals surface area contributed by atoms with Crippen molar-refractivity contribution in [3.63, 3.8) is 0 Å². The van der Waals surface area contributed by atoms with Crippen LogP contribution in [0.5, 0.6) is 5.75 Å². The maximum atomic E-state index is 14.7. The van der Waals surface area contributed by atoms with E-state index in [1.165, 1.54) is 12.4 Å². The Hall–Kier alpha value is -3.85. The minimum Gasteiger partial charge on any atom is -0.494 e. The second kappa shape index (κ2) is 8.74. The fourth-order valence-corrected chi connectivity index (χ4v) is 4.55. The standard InChI is InChI=1S/C26H27FN6O2/c1-32(2)14-26(9-10-26)25(34)30-21-11-17-20(12-22(21)35-4)28-15-29-23(17)18-13-33(3)31-24(18)16-7-5-6-8-19(16)27/h5-8,11-13,15H,9-10,14H2,1-4H3,(H,30,34). The van der Waals surface area contributed by atoms with Gasteiger partial charge in [0.15, 0.2) is 0 Å². The lowest BCUT2D eigenvalue weighted by Crippen LogP contribution is -2.33. The van der Waals surface area contributed by atoms with Gasteiger partial charge >= 0.3 is 0 Å². The normalized spacial score (nSPS) is 14.3. The number of hydrogen-bond acceptors (Lipinski definition) is 6. The Morgan fingerprint density at radius 2 is 1.94 bits per heavy atom. The van der Waals surface area contributed by atoms with E-state index in [4.69, 9.17) is 4.74 Å². The van der Waals surface area contributed by atoms with E-state index in [1.807, 2.05) is 31.3 Å². The zero-order valence-corrected chi connectivity index (χ0v) is 20.2. The first-order valence-electron chi connectivity index (χ1n) is 11.4. The number of hydrogen-bond donors (Lipinski definition) is 1. The number of halogens is 1. The molecule has 0 saturated heterocycles. The summed E-state index contributed by atoms with van der Waals surface area (Å²) in [4.78, 5) is 24.2. The third-order valence-electron chi connectivity index (χ3n) is 6.37. The molecular weight excluding hydrogens is 447 g/mol. The minimum atomic E-state index is -0.388. The van der Waals surface area contributed by atoms with Crippen molar-refractivity contribution < 1.29 is 13.9 Å². The number of anilines is 1. The summed E-state index contributed by atoms with van der Waals surface area (Å²) in [5.74, 6) is 0.114. The Morgan fingerprint density at radius 3 is 2.63 bits per heavy atom. The topological polar surface area (TPSA) is 85.2 Å². The van der Waals surface area contributed by atoms with Gasteiger partial charge in [-0.25, -0.2) is 14.4 Å². The van der Waals surface area contributed by atoms with Crippen LogP contribution < -0.4 is 10.1 Å². The molecule has 8 nitrogen and oxygen atoms in total. The van der Waals surface area contributed by atoms with Gasteiger partial charge in [-0.2, -0.15) is 5.10 Å². The number of carbonyl (C=O) groups excluding carboxylic acids is 1. The Balaban J connectivity index is 1.62. The second-order valence-electron chi connectivity index (χ2n) is 9.31. The summed E-state index contributed by atoms with van der Waals surface area (Å²) in [6.45, 7) is 0.685. The molecule has 2 aromatic carbocycles. The summed E-state index contributed by atoms with van der Waals surface area (Å²) in [7, 11) is 7.28. The van der Waals surface area contributed by atoms with Gasteiger partial charge in [-0.05, 0) is 45.1 Å². The fourth-order valence-electron chi connectivity index (χ4n) is 4.55. The van der Waals surface area contributed by atoms with Crippen LogP contribution in [0.4, 0.5) is 10.1 Å². The Morgan fingerprint density at radius 1 is 1.17 bits per heavy atom. The van der Waals surface area contributed by atoms with Crippen molar-refractivity contribution in [1.29, 1.82) is 0 Å². The van der Waals surface area contributed by atoms with Crippen molar-refractivity contribution in [3.05, 3.63) is 54.7 Å². The van der Waals surface area contributed by atoms with Crippen molar-refractivity contribution in [2.75, 3.05) is 33.1 Å². The van der Waals surface area contributed by atoms with E-state index in [0.717, 1.165) is 12.8 Å². The summed E-state index contributed by atoms with van der Waals surface area (Å²) in [6.07, 6.45) is 4.97. The number of nitrogens with one attached hydrogen (secondary N) is 1. The van der Waals surface area contributed by atoms with Crippen LogP contribution in [-0.4, -0.2) is 58.3 Å². The van der Waals surface area contributed by atoms with Crippen LogP contribution in [0.1, 0.15) is 12.8 Å². The number of aromatic nitrogens is 4. The fraction of sp³-hybridized carbons (Fsp3) is 0.308.